The lowest BCUT2D eigenvalue weighted by atomic mass is 10.2. The van der Waals surface area contributed by atoms with Crippen molar-refractivity contribution in [1.82, 2.24) is 14.8 Å². The molecule has 0 aliphatic rings. The second kappa shape index (κ2) is 6.20. The van der Waals surface area contributed by atoms with Crippen LogP contribution in [-0.2, 0) is 7.05 Å². The number of amides is 1. The molecule has 114 valence electrons. The number of nitrogens with one attached hydrogen (secondary N) is 1. The normalized spacial score (nSPS) is 10.3. The molecule has 6 nitrogen and oxygen atoms in total. The number of anilines is 1. The number of fused-ring (bicyclic) bond motifs is 1. The number of hydrogen-bond donors (Lipinski definition) is 1. The molecule has 0 spiro atoms. The number of aryl methyl sites for hydroxylation is 1. The van der Waals surface area contributed by atoms with Gasteiger partial charge in [0.05, 0.1) is 17.3 Å². The van der Waals surface area contributed by atoms with Crippen LogP contribution in [0.4, 0.5) is 5.69 Å². The molecule has 0 fully saturated rings. The van der Waals surface area contributed by atoms with E-state index in [4.69, 9.17) is 11.2 Å². The number of pyridine rings is 1. The molecule has 3 aromatic rings. The molecule has 0 saturated carbocycles. The summed E-state index contributed by atoms with van der Waals surface area (Å²) in [7, 11) is 1.80. The lowest BCUT2D eigenvalue weighted by Crippen LogP contribution is -2.12. The third kappa shape index (κ3) is 2.99. The van der Waals surface area contributed by atoms with E-state index < -0.39 is 0 Å². The highest BCUT2D eigenvalue weighted by molar-refractivity contribution is 6.08. The molecular formula is C17H14N4O2. The van der Waals surface area contributed by atoms with E-state index in [1.165, 1.54) is 0 Å². The Bertz CT molecular complexity index is 891. The van der Waals surface area contributed by atoms with Crippen molar-refractivity contribution >= 4 is 22.6 Å². The van der Waals surface area contributed by atoms with Crippen molar-refractivity contribution in [2.75, 3.05) is 11.9 Å². The third-order valence-corrected chi connectivity index (χ3v) is 3.32. The molecular weight excluding hydrogens is 292 g/mol. The van der Waals surface area contributed by atoms with Gasteiger partial charge in [0.15, 0.2) is 5.65 Å². The summed E-state index contributed by atoms with van der Waals surface area (Å²) in [6.07, 6.45) is 8.45. The first-order valence-electron chi connectivity index (χ1n) is 6.93. The van der Waals surface area contributed by atoms with E-state index in [0.29, 0.717) is 22.6 Å². The Labute approximate surface area is 133 Å². The highest BCUT2D eigenvalue weighted by Crippen LogP contribution is 2.21. The number of benzene rings is 1. The Morgan fingerprint density at radius 2 is 2.13 bits per heavy atom. The number of aromatic nitrogens is 3. The maximum atomic E-state index is 12.4. The van der Waals surface area contributed by atoms with Crippen LogP contribution in [-0.4, -0.2) is 27.3 Å². The Hall–Kier alpha value is -3.33. The van der Waals surface area contributed by atoms with Crippen molar-refractivity contribution in [1.29, 1.82) is 0 Å². The second-order valence-corrected chi connectivity index (χ2v) is 4.84. The summed E-state index contributed by atoms with van der Waals surface area (Å²) in [6, 6.07) is 8.52. The van der Waals surface area contributed by atoms with Gasteiger partial charge in [0, 0.05) is 18.8 Å². The highest BCUT2D eigenvalue weighted by atomic mass is 16.5. The molecule has 1 N–H and O–H groups in total. The van der Waals surface area contributed by atoms with Gasteiger partial charge in [-0.1, -0.05) is 5.92 Å². The first kappa shape index (κ1) is 14.6. The van der Waals surface area contributed by atoms with Crippen molar-refractivity contribution in [2.24, 2.45) is 7.05 Å². The van der Waals surface area contributed by atoms with Crippen molar-refractivity contribution in [3.8, 4) is 18.1 Å². The van der Waals surface area contributed by atoms with Gasteiger partial charge >= 0.3 is 0 Å². The molecule has 0 radical (unpaired) electrons. The summed E-state index contributed by atoms with van der Waals surface area (Å²) in [5, 5.41) is 7.81. The molecule has 0 saturated heterocycles. The van der Waals surface area contributed by atoms with Gasteiger partial charge in [0.2, 0.25) is 0 Å². The smallest absolute Gasteiger partial charge is 0.255 e. The standard InChI is InChI=1S/C17H14N4O2/c1-3-10-23-13-6-4-12(5-7-13)17(22)20-15-8-9-18-16-14(15)11-19-21(16)2/h1,4-9,11H,10H2,2H3,(H,18,20,22). The fourth-order valence-electron chi connectivity index (χ4n) is 2.18. The van der Waals surface area contributed by atoms with Crippen molar-refractivity contribution in [2.45, 2.75) is 0 Å². The Morgan fingerprint density at radius 3 is 2.87 bits per heavy atom. The molecule has 1 amide bonds. The summed E-state index contributed by atoms with van der Waals surface area (Å²) in [4.78, 5) is 16.6. The zero-order valence-corrected chi connectivity index (χ0v) is 12.5. The summed E-state index contributed by atoms with van der Waals surface area (Å²) in [5.41, 5.74) is 1.90. The van der Waals surface area contributed by atoms with Gasteiger partial charge in [-0.25, -0.2) is 4.98 Å². The number of terminal acetylenes is 1. The summed E-state index contributed by atoms with van der Waals surface area (Å²) >= 11 is 0. The van der Waals surface area contributed by atoms with Gasteiger partial charge in [0.25, 0.3) is 5.91 Å². The molecule has 0 atom stereocenters. The van der Waals surface area contributed by atoms with Crippen LogP contribution in [0.2, 0.25) is 0 Å². The lowest BCUT2D eigenvalue weighted by Gasteiger charge is -2.07. The van der Waals surface area contributed by atoms with Crippen molar-refractivity contribution < 1.29 is 9.53 Å². The number of hydrogen-bond acceptors (Lipinski definition) is 4. The van der Waals surface area contributed by atoms with E-state index >= 15 is 0 Å². The molecule has 2 heterocycles. The topological polar surface area (TPSA) is 69.0 Å². The van der Waals surface area contributed by atoms with Crippen LogP contribution in [0.15, 0.2) is 42.7 Å². The molecule has 0 aliphatic carbocycles. The maximum absolute atomic E-state index is 12.4. The first-order valence-corrected chi connectivity index (χ1v) is 6.93. The molecule has 0 aliphatic heterocycles. The number of ether oxygens (including phenoxy) is 1. The van der Waals surface area contributed by atoms with Crippen molar-refractivity contribution in [3.05, 3.63) is 48.3 Å². The van der Waals surface area contributed by atoms with Gasteiger partial charge in [-0.3, -0.25) is 9.48 Å². The van der Waals surface area contributed by atoms with E-state index in [2.05, 4.69) is 21.3 Å². The van der Waals surface area contributed by atoms with Gasteiger partial charge in [-0.05, 0) is 30.3 Å². The van der Waals surface area contributed by atoms with Gasteiger partial charge in [-0.2, -0.15) is 5.10 Å². The molecule has 23 heavy (non-hydrogen) atoms. The molecule has 1 aromatic carbocycles. The van der Waals surface area contributed by atoms with Crippen LogP contribution in [0.1, 0.15) is 10.4 Å². The quantitative estimate of drug-likeness (QED) is 0.751. The van der Waals surface area contributed by atoms with Crippen molar-refractivity contribution in [3.63, 3.8) is 0 Å². The zero-order chi connectivity index (χ0) is 16.2. The van der Waals surface area contributed by atoms with Gasteiger partial charge < -0.3 is 10.1 Å². The van der Waals surface area contributed by atoms with Crippen LogP contribution in [0.25, 0.3) is 11.0 Å². The van der Waals surface area contributed by atoms with E-state index in [1.54, 1.807) is 54.5 Å². The summed E-state index contributed by atoms with van der Waals surface area (Å²) in [5.74, 6) is 2.80. The van der Waals surface area contributed by atoms with Crippen LogP contribution in [0.3, 0.4) is 0 Å². The fourth-order valence-corrected chi connectivity index (χ4v) is 2.18. The third-order valence-electron chi connectivity index (χ3n) is 3.32. The molecule has 6 heteroatoms. The van der Waals surface area contributed by atoms with E-state index in [9.17, 15) is 4.79 Å². The summed E-state index contributed by atoms with van der Waals surface area (Å²) in [6.45, 7) is 0.196. The number of nitrogens with zero attached hydrogens (tertiary/aromatic N) is 3. The minimum absolute atomic E-state index is 0.196. The minimum Gasteiger partial charge on any atom is -0.481 e. The predicted octanol–water partition coefficient (Wildman–Crippen LogP) is 2.23. The molecule has 3 rings (SSSR count). The number of carbonyl (C=O) groups excluding carboxylic acids is 1. The Morgan fingerprint density at radius 1 is 1.35 bits per heavy atom. The fraction of sp³-hybridized carbons (Fsp3) is 0.118. The average Bonchev–Trinajstić information content (AvgIpc) is 2.96. The van der Waals surface area contributed by atoms with E-state index in [-0.39, 0.29) is 12.5 Å². The Kier molecular flexibility index (Phi) is 3.93. The van der Waals surface area contributed by atoms with Crippen LogP contribution < -0.4 is 10.1 Å². The summed E-state index contributed by atoms with van der Waals surface area (Å²) < 4.78 is 6.94. The second-order valence-electron chi connectivity index (χ2n) is 4.84. The largest absolute Gasteiger partial charge is 0.481 e. The van der Waals surface area contributed by atoms with E-state index in [0.717, 1.165) is 5.39 Å². The van der Waals surface area contributed by atoms with Crippen LogP contribution in [0, 0.1) is 12.3 Å². The van der Waals surface area contributed by atoms with Crippen LogP contribution >= 0.6 is 0 Å². The minimum atomic E-state index is -0.218. The lowest BCUT2D eigenvalue weighted by molar-refractivity contribution is 0.102. The van der Waals surface area contributed by atoms with Gasteiger partial charge in [0.1, 0.15) is 12.4 Å². The first-order chi connectivity index (χ1) is 11.2. The highest BCUT2D eigenvalue weighted by Gasteiger charge is 2.11. The maximum Gasteiger partial charge on any atom is 0.255 e. The molecule has 0 unspecified atom stereocenters. The SMILES string of the molecule is C#CCOc1ccc(C(=O)Nc2ccnc3c2cnn3C)cc1. The molecule has 0 bridgehead atoms. The number of rotatable bonds is 4. The van der Waals surface area contributed by atoms with E-state index in [1.807, 2.05) is 0 Å². The molecule has 2 aromatic heterocycles. The monoisotopic (exact) mass is 306 g/mol. The Balaban J connectivity index is 1.79. The zero-order valence-electron chi connectivity index (χ0n) is 12.5. The van der Waals surface area contributed by atoms with Crippen LogP contribution in [0.5, 0.6) is 5.75 Å². The predicted molar refractivity (Wildman–Crippen MR) is 87.2 cm³/mol. The van der Waals surface area contributed by atoms with Gasteiger partial charge in [-0.15, -0.1) is 6.42 Å². The average molecular weight is 306 g/mol. The number of carbonyl (C=O) groups is 1.